The lowest BCUT2D eigenvalue weighted by molar-refractivity contribution is -0.117. The molecule has 0 unspecified atom stereocenters. The van der Waals surface area contributed by atoms with Gasteiger partial charge in [-0.3, -0.25) is 9.80 Å². The lowest BCUT2D eigenvalue weighted by Gasteiger charge is -2.09. The Kier molecular flexibility index (Phi) is 3.07. The number of carbonyl (C=O) groups is 1. The fraction of sp³-hybridized carbons (Fsp3) is 0.364. The summed E-state index contributed by atoms with van der Waals surface area (Å²) in [6, 6.07) is 10.3. The van der Waals surface area contributed by atoms with Crippen LogP contribution in [0.3, 0.4) is 0 Å². The summed E-state index contributed by atoms with van der Waals surface area (Å²) in [6.07, 6.45) is 2.01. The Morgan fingerprint density at radius 2 is 2.07 bits per heavy atom. The normalized spacial score (nSPS) is 14.9. The van der Waals surface area contributed by atoms with Crippen molar-refractivity contribution in [3.63, 3.8) is 0 Å². The van der Waals surface area contributed by atoms with Crippen molar-refractivity contribution in [1.82, 2.24) is 5.01 Å². The van der Waals surface area contributed by atoms with Gasteiger partial charge in [0, 0.05) is 6.54 Å². The average molecular weight is 203 g/mol. The van der Waals surface area contributed by atoms with E-state index in [1.54, 1.807) is 5.01 Å². The second-order valence-electron chi connectivity index (χ2n) is 3.56. The molecule has 1 aromatic rings. The molecule has 2 rings (SSSR count). The molecule has 0 N–H and O–H groups in total. The molecular weight excluding hydrogens is 190 g/mol. The van der Waals surface area contributed by atoms with Gasteiger partial charge >= 0.3 is 0 Å². The van der Waals surface area contributed by atoms with Gasteiger partial charge in [0.25, 0.3) is 5.91 Å². The van der Waals surface area contributed by atoms with Crippen molar-refractivity contribution in [2.75, 3.05) is 13.1 Å². The third-order valence-electron chi connectivity index (χ3n) is 2.33. The van der Waals surface area contributed by atoms with E-state index in [-0.39, 0.29) is 5.91 Å². The Bertz CT molecular complexity index is 361. The van der Waals surface area contributed by atoms with Crippen LogP contribution in [0.15, 0.2) is 40.7 Å². The van der Waals surface area contributed by atoms with Gasteiger partial charge in [-0.15, -0.1) is 0 Å². The minimum atomic E-state index is -0.144. The van der Waals surface area contributed by atoms with Gasteiger partial charge < -0.3 is 0 Å². The number of hydrogen-bond acceptors (Lipinski definition) is 3. The van der Waals surface area contributed by atoms with Crippen molar-refractivity contribution in [1.29, 1.82) is 0 Å². The van der Waals surface area contributed by atoms with Gasteiger partial charge in [-0.1, -0.05) is 40.7 Å². The highest BCUT2D eigenvalue weighted by atomic mass is 16.2. The van der Waals surface area contributed by atoms with E-state index in [0.29, 0.717) is 6.54 Å². The monoisotopic (exact) mass is 203 g/mol. The molecule has 0 saturated carbocycles. The van der Waals surface area contributed by atoms with E-state index in [2.05, 4.69) is 22.5 Å². The highest BCUT2D eigenvalue weighted by Crippen LogP contribution is 2.06. The molecule has 78 valence electrons. The smallest absolute Gasteiger partial charge is 0.269 e. The van der Waals surface area contributed by atoms with Crippen LogP contribution in [0.4, 0.5) is 0 Å². The molecule has 1 aliphatic rings. The summed E-state index contributed by atoms with van der Waals surface area (Å²) in [4.78, 5) is 10.8. The minimum Gasteiger partial charge on any atom is -0.269 e. The molecule has 0 atom stereocenters. The van der Waals surface area contributed by atoms with Crippen molar-refractivity contribution in [3.8, 4) is 0 Å². The minimum absolute atomic E-state index is 0.144. The van der Waals surface area contributed by atoms with Crippen LogP contribution in [0.2, 0.25) is 0 Å². The molecule has 0 aromatic heterocycles. The number of carbonyl (C=O) groups excluding carboxylic acids is 1. The van der Waals surface area contributed by atoms with Crippen molar-refractivity contribution in [2.24, 2.45) is 10.3 Å². The molecule has 0 aliphatic carbocycles. The van der Waals surface area contributed by atoms with E-state index >= 15 is 0 Å². The van der Waals surface area contributed by atoms with Gasteiger partial charge in [0.05, 0.1) is 0 Å². The number of hydrogen-bond donors (Lipinski definition) is 0. The molecular formula is C11H13N3O. The molecule has 4 heteroatoms. The molecule has 0 saturated heterocycles. The zero-order chi connectivity index (χ0) is 10.5. The average Bonchev–Trinajstić information content (AvgIpc) is 2.66. The third kappa shape index (κ3) is 2.87. The first-order valence-corrected chi connectivity index (χ1v) is 5.08. The van der Waals surface area contributed by atoms with E-state index in [1.165, 1.54) is 5.56 Å². The van der Waals surface area contributed by atoms with E-state index in [4.69, 9.17) is 0 Å². The molecule has 1 aliphatic heterocycles. The first-order chi connectivity index (χ1) is 7.34. The molecule has 1 heterocycles. The zero-order valence-electron chi connectivity index (χ0n) is 8.47. The quantitative estimate of drug-likeness (QED) is 0.749. The lowest BCUT2D eigenvalue weighted by Crippen LogP contribution is -2.19. The van der Waals surface area contributed by atoms with Crippen molar-refractivity contribution >= 4 is 5.91 Å². The van der Waals surface area contributed by atoms with Crippen LogP contribution in [0, 0.1) is 0 Å². The van der Waals surface area contributed by atoms with Crippen LogP contribution in [0.25, 0.3) is 0 Å². The van der Waals surface area contributed by atoms with E-state index in [9.17, 15) is 4.79 Å². The summed E-state index contributed by atoms with van der Waals surface area (Å²) in [5.74, 6) is -0.144. The highest BCUT2D eigenvalue weighted by Gasteiger charge is 2.14. The van der Waals surface area contributed by atoms with Gasteiger partial charge in [0.1, 0.15) is 6.54 Å². The number of amides is 1. The first kappa shape index (κ1) is 9.83. The molecule has 15 heavy (non-hydrogen) atoms. The number of benzene rings is 1. The number of nitrogens with zero attached hydrogens (tertiary/aromatic N) is 3. The Labute approximate surface area is 88.6 Å². The summed E-state index contributed by atoms with van der Waals surface area (Å²) in [6.45, 7) is 1.14. The largest absolute Gasteiger partial charge is 0.287 e. The number of rotatable bonds is 4. The van der Waals surface area contributed by atoms with Crippen molar-refractivity contribution in [2.45, 2.75) is 12.8 Å². The van der Waals surface area contributed by atoms with E-state index in [0.717, 1.165) is 19.4 Å². The van der Waals surface area contributed by atoms with Crippen LogP contribution in [0.1, 0.15) is 12.0 Å². The predicted octanol–water partition coefficient (Wildman–Crippen LogP) is 1.83. The summed E-state index contributed by atoms with van der Waals surface area (Å²) in [5, 5.41) is 8.93. The topological polar surface area (TPSA) is 45.0 Å². The van der Waals surface area contributed by atoms with Crippen molar-refractivity contribution in [3.05, 3.63) is 35.9 Å². The van der Waals surface area contributed by atoms with Crippen LogP contribution in [0.5, 0.6) is 0 Å². The van der Waals surface area contributed by atoms with Gasteiger partial charge in [0.15, 0.2) is 0 Å². The Balaban J connectivity index is 1.72. The van der Waals surface area contributed by atoms with Crippen molar-refractivity contribution < 1.29 is 4.79 Å². The Morgan fingerprint density at radius 3 is 2.73 bits per heavy atom. The summed E-state index contributed by atoms with van der Waals surface area (Å²) >= 11 is 0. The molecule has 4 nitrogen and oxygen atoms in total. The van der Waals surface area contributed by atoms with Crippen LogP contribution < -0.4 is 0 Å². The Hall–Kier alpha value is -1.71. The second kappa shape index (κ2) is 4.68. The SMILES string of the molecule is O=C1CN(CCCc2ccccc2)N=N1. The van der Waals surface area contributed by atoms with Crippen LogP contribution in [-0.4, -0.2) is 24.0 Å². The second-order valence-corrected chi connectivity index (χ2v) is 3.56. The zero-order valence-corrected chi connectivity index (χ0v) is 8.47. The summed E-state index contributed by atoms with van der Waals surface area (Å²) in [5.41, 5.74) is 1.32. The standard InChI is InChI=1S/C11H13N3O/c15-11-9-14(13-12-11)8-4-7-10-5-2-1-3-6-10/h1-3,5-6H,4,7-9H2. The predicted molar refractivity (Wildman–Crippen MR) is 56.2 cm³/mol. The highest BCUT2D eigenvalue weighted by molar-refractivity contribution is 5.79. The number of aryl methyl sites for hydroxylation is 1. The van der Waals surface area contributed by atoms with Crippen LogP contribution in [-0.2, 0) is 11.2 Å². The lowest BCUT2D eigenvalue weighted by atomic mass is 10.1. The summed E-state index contributed by atoms with van der Waals surface area (Å²) < 4.78 is 0. The van der Waals surface area contributed by atoms with E-state index < -0.39 is 0 Å². The molecule has 0 spiro atoms. The first-order valence-electron chi connectivity index (χ1n) is 5.08. The fourth-order valence-electron chi connectivity index (χ4n) is 1.57. The molecule has 1 aromatic carbocycles. The molecule has 1 amide bonds. The molecule has 0 fully saturated rings. The van der Waals surface area contributed by atoms with Crippen LogP contribution >= 0.6 is 0 Å². The third-order valence-corrected chi connectivity index (χ3v) is 2.33. The fourth-order valence-corrected chi connectivity index (χ4v) is 1.57. The summed E-state index contributed by atoms with van der Waals surface area (Å²) in [7, 11) is 0. The van der Waals surface area contributed by atoms with Gasteiger partial charge in [0.2, 0.25) is 0 Å². The molecule has 0 bridgehead atoms. The maximum atomic E-state index is 10.8. The van der Waals surface area contributed by atoms with E-state index in [1.807, 2.05) is 18.2 Å². The maximum absolute atomic E-state index is 10.8. The molecule has 0 radical (unpaired) electrons. The van der Waals surface area contributed by atoms with Gasteiger partial charge in [-0.2, -0.15) is 0 Å². The van der Waals surface area contributed by atoms with Gasteiger partial charge in [-0.05, 0) is 18.4 Å². The maximum Gasteiger partial charge on any atom is 0.287 e. The Morgan fingerprint density at radius 1 is 1.27 bits per heavy atom. The van der Waals surface area contributed by atoms with Gasteiger partial charge in [-0.25, -0.2) is 0 Å².